The van der Waals surface area contributed by atoms with E-state index in [0.717, 1.165) is 33.4 Å². The minimum absolute atomic E-state index is 0.0493. The Morgan fingerprint density at radius 3 is 2.56 bits per heavy atom. The fourth-order valence-electron chi connectivity index (χ4n) is 3.27. The number of hydrogen-bond donors (Lipinski definition) is 2. The van der Waals surface area contributed by atoms with Gasteiger partial charge in [-0.15, -0.1) is 11.8 Å². The summed E-state index contributed by atoms with van der Waals surface area (Å²) < 4.78 is 13.8. The second kappa shape index (κ2) is 7.98. The monoisotopic (exact) mass is 384 g/mol. The van der Waals surface area contributed by atoms with Crippen molar-refractivity contribution >= 4 is 35.0 Å². The lowest BCUT2D eigenvalue weighted by Gasteiger charge is -2.13. The third kappa shape index (κ3) is 4.07. The molecular formula is C21H21FN2O2S. The van der Waals surface area contributed by atoms with E-state index in [4.69, 9.17) is 5.73 Å². The van der Waals surface area contributed by atoms with E-state index in [1.165, 1.54) is 17.0 Å². The van der Waals surface area contributed by atoms with Gasteiger partial charge in [0.1, 0.15) is 5.82 Å². The van der Waals surface area contributed by atoms with Gasteiger partial charge >= 0.3 is 6.03 Å². The molecular weight excluding hydrogens is 363 g/mol. The van der Waals surface area contributed by atoms with Crippen LogP contribution in [0.15, 0.2) is 52.9 Å². The Labute approximate surface area is 162 Å². The van der Waals surface area contributed by atoms with Crippen molar-refractivity contribution in [3.63, 3.8) is 0 Å². The largest absolute Gasteiger partial charge is 0.350 e. The highest BCUT2D eigenvalue weighted by Gasteiger charge is 2.24. The van der Waals surface area contributed by atoms with Crippen LogP contribution in [0.5, 0.6) is 0 Å². The Bertz CT molecular complexity index is 936. The highest BCUT2D eigenvalue weighted by atomic mass is 32.2. The molecule has 0 atom stereocenters. The number of amides is 2. The average molecular weight is 384 g/mol. The first kappa shape index (κ1) is 19.2. The smallest absolute Gasteiger partial charge is 0.338 e. The Morgan fingerprint density at radius 1 is 1.22 bits per heavy atom. The molecule has 0 radical (unpaired) electrons. The van der Waals surface area contributed by atoms with E-state index in [0.29, 0.717) is 11.5 Å². The Kier molecular flexibility index (Phi) is 5.68. The van der Waals surface area contributed by atoms with E-state index in [1.807, 2.05) is 13.2 Å². The van der Waals surface area contributed by atoms with E-state index in [9.17, 15) is 14.4 Å². The summed E-state index contributed by atoms with van der Waals surface area (Å²) in [4.78, 5) is 12.2. The maximum atomic E-state index is 13.8. The molecule has 0 saturated carbocycles. The Morgan fingerprint density at radius 2 is 1.93 bits per heavy atom. The van der Waals surface area contributed by atoms with Crippen molar-refractivity contribution in [2.75, 3.05) is 12.8 Å². The summed E-state index contributed by atoms with van der Waals surface area (Å²) in [6.45, 7) is 2.02. The number of nitrogens with two attached hydrogens (primary N) is 1. The van der Waals surface area contributed by atoms with Crippen LogP contribution in [0.4, 0.5) is 9.18 Å². The van der Waals surface area contributed by atoms with E-state index in [1.54, 1.807) is 17.8 Å². The molecule has 1 aliphatic carbocycles. The van der Waals surface area contributed by atoms with Crippen LogP contribution < -0.4 is 5.73 Å². The molecule has 6 heteroatoms. The number of fused-ring (bicyclic) bond motifs is 1. The molecule has 3 rings (SSSR count). The van der Waals surface area contributed by atoms with Gasteiger partial charge in [0.15, 0.2) is 0 Å². The van der Waals surface area contributed by atoms with Crippen LogP contribution in [0.25, 0.3) is 17.2 Å². The fraction of sp³-hybridized carbons (Fsp3) is 0.190. The molecule has 2 aromatic carbocycles. The standard InChI is InChI=1S/C21H21FN2O2S/c1-13-17(9-10-24(26)21(23)25)20-12-15(22)5-8-18(20)19(13)11-14-3-6-16(27-2)7-4-14/h3-8,11-12,26H,9-10H2,1-2H3,(H2,23,25)/b19-11+. The van der Waals surface area contributed by atoms with Gasteiger partial charge in [0.25, 0.3) is 0 Å². The van der Waals surface area contributed by atoms with Crippen LogP contribution >= 0.6 is 11.8 Å². The maximum absolute atomic E-state index is 13.8. The summed E-state index contributed by atoms with van der Waals surface area (Å²) in [6, 6.07) is 12.0. The van der Waals surface area contributed by atoms with Crippen molar-refractivity contribution in [2.24, 2.45) is 5.73 Å². The zero-order chi connectivity index (χ0) is 19.6. The van der Waals surface area contributed by atoms with Crippen LogP contribution in [-0.4, -0.2) is 29.1 Å². The first-order valence-electron chi connectivity index (χ1n) is 8.52. The summed E-state index contributed by atoms with van der Waals surface area (Å²) >= 11 is 1.69. The van der Waals surface area contributed by atoms with E-state index < -0.39 is 6.03 Å². The highest BCUT2D eigenvalue weighted by Crippen LogP contribution is 2.43. The molecule has 0 unspecified atom stereocenters. The lowest BCUT2D eigenvalue weighted by atomic mass is 10.0. The van der Waals surface area contributed by atoms with Crippen LogP contribution in [0.2, 0.25) is 0 Å². The van der Waals surface area contributed by atoms with Crippen molar-refractivity contribution in [2.45, 2.75) is 18.2 Å². The maximum Gasteiger partial charge on any atom is 0.338 e. The molecule has 0 bridgehead atoms. The number of rotatable bonds is 5. The van der Waals surface area contributed by atoms with Crippen LogP contribution in [0.1, 0.15) is 30.0 Å². The predicted molar refractivity (Wildman–Crippen MR) is 108 cm³/mol. The molecule has 2 aromatic rings. The van der Waals surface area contributed by atoms with E-state index in [-0.39, 0.29) is 12.4 Å². The number of halogens is 1. The summed E-state index contributed by atoms with van der Waals surface area (Å²) in [5.41, 5.74) is 10.8. The lowest BCUT2D eigenvalue weighted by molar-refractivity contribution is -0.0372. The van der Waals surface area contributed by atoms with E-state index in [2.05, 4.69) is 30.3 Å². The van der Waals surface area contributed by atoms with Gasteiger partial charge in [-0.2, -0.15) is 0 Å². The third-order valence-electron chi connectivity index (χ3n) is 4.71. The van der Waals surface area contributed by atoms with Gasteiger partial charge < -0.3 is 5.73 Å². The normalized spacial score (nSPS) is 14.6. The number of primary amides is 1. The van der Waals surface area contributed by atoms with Gasteiger partial charge in [-0.25, -0.2) is 14.2 Å². The van der Waals surface area contributed by atoms with Crippen molar-refractivity contribution in [3.05, 3.63) is 70.5 Å². The van der Waals surface area contributed by atoms with Crippen LogP contribution in [0, 0.1) is 5.82 Å². The Hall–Kier alpha value is -2.57. The number of carbonyl (C=O) groups is 1. The second-order valence-electron chi connectivity index (χ2n) is 6.34. The first-order chi connectivity index (χ1) is 12.9. The number of nitrogens with zero attached hydrogens (tertiary/aromatic N) is 1. The third-order valence-corrected chi connectivity index (χ3v) is 5.45. The molecule has 0 saturated heterocycles. The quantitative estimate of drug-likeness (QED) is 0.431. The highest BCUT2D eigenvalue weighted by molar-refractivity contribution is 7.98. The SMILES string of the molecule is CSc1ccc(/C=C2\C(C)=C(CCN(O)C(N)=O)c3cc(F)ccc32)cc1. The summed E-state index contributed by atoms with van der Waals surface area (Å²) in [5, 5.41) is 10.0. The molecule has 0 fully saturated rings. The molecule has 0 spiro atoms. The summed E-state index contributed by atoms with van der Waals surface area (Å²) in [7, 11) is 0. The van der Waals surface area contributed by atoms with Crippen LogP contribution in [0.3, 0.4) is 0 Å². The topological polar surface area (TPSA) is 66.6 Å². The molecule has 2 amide bonds. The number of carbonyl (C=O) groups excluding carboxylic acids is 1. The number of urea groups is 1. The van der Waals surface area contributed by atoms with Gasteiger partial charge in [0, 0.05) is 4.90 Å². The number of thioether (sulfide) groups is 1. The second-order valence-corrected chi connectivity index (χ2v) is 7.22. The minimum atomic E-state index is -0.907. The predicted octanol–water partition coefficient (Wildman–Crippen LogP) is 5.04. The zero-order valence-electron chi connectivity index (χ0n) is 15.2. The molecule has 0 aliphatic heterocycles. The molecule has 4 nitrogen and oxygen atoms in total. The van der Waals surface area contributed by atoms with Crippen molar-refractivity contribution < 1.29 is 14.4 Å². The number of hydroxylamine groups is 2. The van der Waals surface area contributed by atoms with Crippen molar-refractivity contribution in [1.29, 1.82) is 0 Å². The number of allylic oxidation sites excluding steroid dienone is 2. The molecule has 1 aliphatic rings. The number of benzene rings is 2. The van der Waals surface area contributed by atoms with Gasteiger partial charge in [-0.3, -0.25) is 5.21 Å². The number of hydrogen-bond acceptors (Lipinski definition) is 3. The van der Waals surface area contributed by atoms with Crippen LogP contribution in [-0.2, 0) is 0 Å². The Balaban J connectivity index is 2.00. The summed E-state index contributed by atoms with van der Waals surface area (Å²) in [6.07, 6.45) is 4.49. The summed E-state index contributed by atoms with van der Waals surface area (Å²) in [5.74, 6) is -0.319. The zero-order valence-corrected chi connectivity index (χ0v) is 16.0. The molecule has 0 aromatic heterocycles. The van der Waals surface area contributed by atoms with Gasteiger partial charge in [-0.1, -0.05) is 18.2 Å². The molecule has 140 valence electrons. The first-order valence-corrected chi connectivity index (χ1v) is 9.75. The average Bonchev–Trinajstić information content (AvgIpc) is 2.91. The molecule has 0 heterocycles. The van der Waals surface area contributed by atoms with Crippen molar-refractivity contribution in [3.8, 4) is 0 Å². The van der Waals surface area contributed by atoms with Gasteiger partial charge in [-0.05, 0) is 83.4 Å². The van der Waals surface area contributed by atoms with E-state index >= 15 is 0 Å². The molecule has 3 N–H and O–H groups in total. The fourth-order valence-corrected chi connectivity index (χ4v) is 3.68. The molecule has 27 heavy (non-hydrogen) atoms. The minimum Gasteiger partial charge on any atom is -0.350 e. The van der Waals surface area contributed by atoms with Gasteiger partial charge in [0.05, 0.1) is 6.54 Å². The van der Waals surface area contributed by atoms with Crippen molar-refractivity contribution in [1.82, 2.24) is 5.06 Å². The lowest BCUT2D eigenvalue weighted by Crippen LogP contribution is -2.33. The van der Waals surface area contributed by atoms with Gasteiger partial charge in [0.2, 0.25) is 0 Å².